The molecule has 0 fully saturated rings. The largest absolute Gasteiger partial charge is 0.497 e. The number of carbonyl (C=O) groups is 1. The molecule has 0 atom stereocenters. The number of rotatable bonds is 7. The van der Waals surface area contributed by atoms with E-state index in [-0.39, 0.29) is 11.7 Å². The zero-order chi connectivity index (χ0) is 22.5. The van der Waals surface area contributed by atoms with Gasteiger partial charge in [0.25, 0.3) is 0 Å². The van der Waals surface area contributed by atoms with E-state index in [9.17, 15) is 4.79 Å². The highest BCUT2D eigenvalue weighted by molar-refractivity contribution is 7.99. The summed E-state index contributed by atoms with van der Waals surface area (Å²) < 4.78 is 7.28. The molecule has 0 spiro atoms. The summed E-state index contributed by atoms with van der Waals surface area (Å²) in [6.45, 7) is 1.87. The van der Waals surface area contributed by atoms with Crippen LogP contribution in [0, 0.1) is 6.92 Å². The molecule has 2 aromatic carbocycles. The Labute approximate surface area is 194 Å². The number of methoxy groups -OCH3 is 1. The first-order valence-corrected chi connectivity index (χ1v) is 11.1. The molecule has 2 heterocycles. The zero-order valence-corrected chi connectivity index (χ0v) is 19.0. The Bertz CT molecular complexity index is 1250. The number of benzene rings is 2. The molecule has 9 heteroatoms. The lowest BCUT2D eigenvalue weighted by Gasteiger charge is -2.12. The molecule has 32 heavy (non-hydrogen) atoms. The molecule has 2 aromatic heterocycles. The molecule has 0 saturated carbocycles. The third kappa shape index (κ3) is 4.76. The second-order valence-corrected chi connectivity index (χ2v) is 8.18. The Hall–Kier alpha value is -3.36. The number of anilines is 1. The van der Waals surface area contributed by atoms with E-state index in [1.54, 1.807) is 31.6 Å². The van der Waals surface area contributed by atoms with E-state index in [0.717, 1.165) is 16.8 Å². The van der Waals surface area contributed by atoms with Crippen LogP contribution in [0.1, 0.15) is 5.56 Å². The molecular weight excluding hydrogens is 446 g/mol. The van der Waals surface area contributed by atoms with Crippen molar-refractivity contribution in [3.8, 4) is 22.8 Å². The van der Waals surface area contributed by atoms with E-state index in [1.807, 2.05) is 54.0 Å². The maximum absolute atomic E-state index is 12.6. The Morgan fingerprint density at radius 2 is 1.91 bits per heavy atom. The molecule has 162 valence electrons. The number of carbonyl (C=O) groups excluding carboxylic acids is 1. The quantitative estimate of drug-likeness (QED) is 0.385. The van der Waals surface area contributed by atoms with Crippen molar-refractivity contribution in [2.24, 2.45) is 0 Å². The molecule has 1 amide bonds. The molecule has 7 nitrogen and oxygen atoms in total. The van der Waals surface area contributed by atoms with Crippen molar-refractivity contribution in [3.05, 3.63) is 77.6 Å². The van der Waals surface area contributed by atoms with Gasteiger partial charge in [0.1, 0.15) is 5.75 Å². The second kappa shape index (κ2) is 9.84. The van der Waals surface area contributed by atoms with Crippen LogP contribution in [0.5, 0.6) is 5.75 Å². The third-order valence-electron chi connectivity index (χ3n) is 4.76. The van der Waals surface area contributed by atoms with E-state index in [1.165, 1.54) is 11.8 Å². The number of nitrogens with zero attached hydrogens (tertiary/aromatic N) is 4. The number of hydrogen-bond acceptors (Lipinski definition) is 6. The first-order valence-electron chi connectivity index (χ1n) is 9.75. The van der Waals surface area contributed by atoms with Crippen LogP contribution in [0.2, 0.25) is 5.02 Å². The van der Waals surface area contributed by atoms with Gasteiger partial charge in [0.2, 0.25) is 5.91 Å². The van der Waals surface area contributed by atoms with Crippen molar-refractivity contribution in [2.45, 2.75) is 12.1 Å². The van der Waals surface area contributed by atoms with Gasteiger partial charge in [-0.1, -0.05) is 35.5 Å². The fraction of sp³-hybridized carbons (Fsp3) is 0.130. The molecule has 0 unspecified atom stereocenters. The predicted octanol–water partition coefficient (Wildman–Crippen LogP) is 5.03. The number of pyridine rings is 1. The lowest BCUT2D eigenvalue weighted by molar-refractivity contribution is -0.113. The number of nitrogens with one attached hydrogen (secondary N) is 1. The molecular formula is C23H20ClN5O2S. The predicted molar refractivity (Wildman–Crippen MR) is 127 cm³/mol. The lowest BCUT2D eigenvalue weighted by atomic mass is 10.2. The minimum atomic E-state index is -0.161. The van der Waals surface area contributed by atoms with Gasteiger partial charge in [-0.05, 0) is 48.9 Å². The number of aromatic nitrogens is 4. The van der Waals surface area contributed by atoms with Gasteiger partial charge in [-0.15, -0.1) is 10.2 Å². The molecule has 4 rings (SSSR count). The monoisotopic (exact) mass is 465 g/mol. The van der Waals surface area contributed by atoms with Gasteiger partial charge >= 0.3 is 0 Å². The van der Waals surface area contributed by atoms with Crippen molar-refractivity contribution in [3.63, 3.8) is 0 Å². The fourth-order valence-electron chi connectivity index (χ4n) is 3.09. The van der Waals surface area contributed by atoms with Gasteiger partial charge in [-0.2, -0.15) is 0 Å². The summed E-state index contributed by atoms with van der Waals surface area (Å²) in [7, 11) is 1.62. The third-order valence-corrected chi connectivity index (χ3v) is 6.10. The van der Waals surface area contributed by atoms with Crippen molar-refractivity contribution in [2.75, 3.05) is 18.2 Å². The van der Waals surface area contributed by atoms with Gasteiger partial charge < -0.3 is 10.1 Å². The average Bonchev–Trinajstić information content (AvgIpc) is 3.25. The van der Waals surface area contributed by atoms with Crippen molar-refractivity contribution in [1.82, 2.24) is 19.7 Å². The fourth-order valence-corrected chi connectivity index (χ4v) is 4.02. The highest BCUT2D eigenvalue weighted by Gasteiger charge is 2.18. The average molecular weight is 466 g/mol. The van der Waals surface area contributed by atoms with Gasteiger partial charge in [-0.25, -0.2) is 0 Å². The lowest BCUT2D eigenvalue weighted by Crippen LogP contribution is -2.15. The molecule has 1 N–H and O–H groups in total. The molecule has 0 aliphatic rings. The minimum absolute atomic E-state index is 0.157. The van der Waals surface area contributed by atoms with Crippen LogP contribution in [0.3, 0.4) is 0 Å². The second-order valence-electron chi connectivity index (χ2n) is 6.83. The summed E-state index contributed by atoms with van der Waals surface area (Å²) in [6.07, 6.45) is 3.40. The Balaban J connectivity index is 1.61. The van der Waals surface area contributed by atoms with Gasteiger partial charge in [-0.3, -0.25) is 14.3 Å². The molecule has 4 aromatic rings. The number of halogens is 1. The molecule has 0 saturated heterocycles. The summed E-state index contributed by atoms with van der Waals surface area (Å²) in [5, 5.41) is 12.8. The van der Waals surface area contributed by atoms with Crippen LogP contribution in [0.15, 0.2) is 72.1 Å². The Kier molecular flexibility index (Phi) is 6.72. The van der Waals surface area contributed by atoms with Crippen LogP contribution >= 0.6 is 23.4 Å². The van der Waals surface area contributed by atoms with E-state index in [2.05, 4.69) is 20.5 Å². The Morgan fingerprint density at radius 3 is 2.69 bits per heavy atom. The van der Waals surface area contributed by atoms with E-state index in [4.69, 9.17) is 16.3 Å². The van der Waals surface area contributed by atoms with Crippen LogP contribution in [0.4, 0.5) is 5.69 Å². The van der Waals surface area contributed by atoms with Crippen LogP contribution in [-0.2, 0) is 4.79 Å². The molecule has 0 bridgehead atoms. The maximum Gasteiger partial charge on any atom is 0.234 e. The van der Waals surface area contributed by atoms with Gasteiger partial charge in [0.05, 0.1) is 18.6 Å². The smallest absolute Gasteiger partial charge is 0.234 e. The normalized spacial score (nSPS) is 10.7. The molecule has 0 radical (unpaired) electrons. The molecule has 0 aliphatic carbocycles. The van der Waals surface area contributed by atoms with Crippen LogP contribution < -0.4 is 10.1 Å². The van der Waals surface area contributed by atoms with Crippen molar-refractivity contribution in [1.29, 1.82) is 0 Å². The number of amides is 1. The number of thioether (sulfide) groups is 1. The van der Waals surface area contributed by atoms with E-state index in [0.29, 0.717) is 27.4 Å². The first kappa shape index (κ1) is 21.9. The number of hydrogen-bond donors (Lipinski definition) is 1. The number of ether oxygens (including phenoxy) is 1. The van der Waals surface area contributed by atoms with E-state index >= 15 is 0 Å². The maximum atomic E-state index is 12.6. The highest BCUT2D eigenvalue weighted by atomic mass is 35.5. The van der Waals surface area contributed by atoms with Crippen molar-refractivity contribution >= 4 is 35.0 Å². The Morgan fingerprint density at radius 1 is 1.12 bits per heavy atom. The zero-order valence-electron chi connectivity index (χ0n) is 17.4. The topological polar surface area (TPSA) is 81.9 Å². The first-order chi connectivity index (χ1) is 15.6. The van der Waals surface area contributed by atoms with Crippen molar-refractivity contribution < 1.29 is 9.53 Å². The summed E-state index contributed by atoms with van der Waals surface area (Å²) in [5.41, 5.74) is 3.21. The van der Waals surface area contributed by atoms with Gasteiger partial charge in [0, 0.05) is 34.7 Å². The van der Waals surface area contributed by atoms with E-state index < -0.39 is 0 Å². The van der Waals surface area contributed by atoms with Crippen LogP contribution in [0.25, 0.3) is 17.1 Å². The summed E-state index contributed by atoms with van der Waals surface area (Å²) in [5.74, 6) is 1.35. The highest BCUT2D eigenvalue weighted by Crippen LogP contribution is 2.29. The summed E-state index contributed by atoms with van der Waals surface area (Å²) in [6, 6.07) is 16.7. The summed E-state index contributed by atoms with van der Waals surface area (Å²) in [4.78, 5) is 16.7. The van der Waals surface area contributed by atoms with Gasteiger partial charge in [0.15, 0.2) is 11.0 Å². The van der Waals surface area contributed by atoms with Crippen LogP contribution in [-0.4, -0.2) is 38.5 Å². The molecule has 0 aliphatic heterocycles. The summed E-state index contributed by atoms with van der Waals surface area (Å²) >= 11 is 7.45. The standard InChI is InChI=1S/C23H20ClN5O2S/c1-15-19(24)7-4-8-20(15)26-21(30)14-32-23-28-27-22(16-9-11-25-12-10-16)29(23)17-5-3-6-18(13-17)31-2/h3-13H,14H2,1-2H3,(H,26,30). The minimum Gasteiger partial charge on any atom is -0.497 e. The SMILES string of the molecule is COc1cccc(-n2c(SCC(=O)Nc3cccc(Cl)c3C)nnc2-c2ccncc2)c1.